The number of amides is 1. The minimum atomic E-state index is 0.000867. The van der Waals surface area contributed by atoms with Crippen LogP contribution < -0.4 is 14.2 Å². The average Bonchev–Trinajstić information content (AvgIpc) is 3.14. The minimum Gasteiger partial charge on any atom is -0.481 e. The molecule has 0 N–H and O–H groups in total. The van der Waals surface area contributed by atoms with E-state index < -0.39 is 0 Å². The quantitative estimate of drug-likeness (QED) is 0.769. The predicted octanol–water partition coefficient (Wildman–Crippen LogP) is 3.81. The van der Waals surface area contributed by atoms with E-state index in [1.54, 1.807) is 7.11 Å². The Hall–Kier alpha value is -2.76. The maximum atomic E-state index is 12.7. The summed E-state index contributed by atoms with van der Waals surface area (Å²) in [6.07, 6.45) is 2.32. The molecule has 154 valence electrons. The van der Waals surface area contributed by atoms with Gasteiger partial charge in [-0.2, -0.15) is 0 Å². The number of hydrogen-bond acceptors (Lipinski definition) is 5. The molecule has 1 fully saturated rings. The molecule has 1 aromatic heterocycles. The smallest absolute Gasteiger partial charge is 0.231 e. The summed E-state index contributed by atoms with van der Waals surface area (Å²) in [5.41, 5.74) is 4.21. The third-order valence-electron chi connectivity index (χ3n) is 5.92. The van der Waals surface area contributed by atoms with E-state index in [-0.39, 0.29) is 18.1 Å². The van der Waals surface area contributed by atoms with Crippen LogP contribution in [0.3, 0.4) is 0 Å². The lowest BCUT2D eigenvalue weighted by molar-refractivity contribution is -0.137. The van der Waals surface area contributed by atoms with Crippen molar-refractivity contribution >= 4 is 5.91 Å². The molecule has 0 radical (unpaired) electrons. The van der Waals surface area contributed by atoms with Gasteiger partial charge in [0.25, 0.3) is 0 Å². The number of benzene rings is 1. The van der Waals surface area contributed by atoms with E-state index >= 15 is 0 Å². The number of piperidine rings is 1. The van der Waals surface area contributed by atoms with Crippen molar-refractivity contribution in [3.8, 4) is 17.4 Å². The third kappa shape index (κ3) is 4.02. The van der Waals surface area contributed by atoms with E-state index in [0.29, 0.717) is 25.4 Å². The number of ether oxygens (including phenoxy) is 3. The van der Waals surface area contributed by atoms with Crippen LogP contribution in [0.1, 0.15) is 42.1 Å². The number of pyridine rings is 1. The Bertz CT molecular complexity index is 943. The zero-order valence-electron chi connectivity index (χ0n) is 17.6. The van der Waals surface area contributed by atoms with E-state index in [2.05, 4.69) is 24.0 Å². The summed E-state index contributed by atoms with van der Waals surface area (Å²) >= 11 is 0. The lowest BCUT2D eigenvalue weighted by Gasteiger charge is -2.41. The molecule has 1 amide bonds. The number of carbonyl (C=O) groups is 1. The highest BCUT2D eigenvalue weighted by atomic mass is 16.7. The Morgan fingerprint density at radius 1 is 1.21 bits per heavy atom. The molecule has 1 saturated heterocycles. The summed E-state index contributed by atoms with van der Waals surface area (Å²) in [4.78, 5) is 19.1. The van der Waals surface area contributed by atoms with Gasteiger partial charge in [0, 0.05) is 24.2 Å². The van der Waals surface area contributed by atoms with Crippen molar-refractivity contribution in [2.45, 2.75) is 46.6 Å². The van der Waals surface area contributed by atoms with Gasteiger partial charge < -0.3 is 19.1 Å². The Kier molecular flexibility index (Phi) is 5.11. The molecule has 6 heteroatoms. The number of likely N-dealkylation sites (tertiary alicyclic amines) is 1. The molecule has 2 aliphatic heterocycles. The maximum absolute atomic E-state index is 12.7. The van der Waals surface area contributed by atoms with E-state index in [1.165, 1.54) is 5.56 Å². The van der Waals surface area contributed by atoms with Crippen LogP contribution in [0.4, 0.5) is 0 Å². The van der Waals surface area contributed by atoms with Crippen molar-refractivity contribution in [1.29, 1.82) is 0 Å². The number of rotatable bonds is 5. The second kappa shape index (κ2) is 7.58. The Balaban J connectivity index is 1.53. The summed E-state index contributed by atoms with van der Waals surface area (Å²) in [5, 5.41) is 0. The highest BCUT2D eigenvalue weighted by Crippen LogP contribution is 2.38. The van der Waals surface area contributed by atoms with Gasteiger partial charge in [0.05, 0.1) is 13.7 Å². The first-order chi connectivity index (χ1) is 13.9. The maximum Gasteiger partial charge on any atom is 0.231 e. The van der Waals surface area contributed by atoms with Gasteiger partial charge in [-0.05, 0) is 61.4 Å². The number of methoxy groups -OCH3 is 1. The molecule has 29 heavy (non-hydrogen) atoms. The van der Waals surface area contributed by atoms with Crippen molar-refractivity contribution < 1.29 is 19.0 Å². The Morgan fingerprint density at radius 3 is 2.79 bits per heavy atom. The van der Waals surface area contributed by atoms with Gasteiger partial charge in [-0.1, -0.05) is 13.0 Å². The molecule has 1 aromatic carbocycles. The number of aryl methyl sites for hydroxylation is 2. The van der Waals surface area contributed by atoms with Gasteiger partial charge in [0.15, 0.2) is 11.5 Å². The molecular formula is C23H28N2O4. The summed E-state index contributed by atoms with van der Waals surface area (Å²) in [7, 11) is 1.63. The van der Waals surface area contributed by atoms with Crippen LogP contribution >= 0.6 is 0 Å². The molecule has 0 saturated carbocycles. The van der Waals surface area contributed by atoms with Gasteiger partial charge in [0.1, 0.15) is 0 Å². The monoisotopic (exact) mass is 396 g/mol. The number of hydrogen-bond donors (Lipinski definition) is 0. The lowest BCUT2D eigenvalue weighted by Crippen LogP contribution is -2.45. The van der Waals surface area contributed by atoms with Gasteiger partial charge in [-0.25, -0.2) is 4.98 Å². The van der Waals surface area contributed by atoms with Crippen LogP contribution in [0, 0.1) is 19.3 Å². The van der Waals surface area contributed by atoms with Gasteiger partial charge in [-0.3, -0.25) is 4.79 Å². The highest BCUT2D eigenvalue weighted by molar-refractivity contribution is 5.77. The minimum absolute atomic E-state index is 0.000867. The fourth-order valence-corrected chi connectivity index (χ4v) is 4.41. The van der Waals surface area contributed by atoms with Crippen molar-refractivity contribution in [3.05, 3.63) is 46.6 Å². The number of nitrogens with zero attached hydrogens (tertiary/aromatic N) is 2. The molecule has 3 heterocycles. The third-order valence-corrected chi connectivity index (χ3v) is 5.92. The fraction of sp³-hybridized carbons (Fsp3) is 0.478. The fourth-order valence-electron chi connectivity index (χ4n) is 4.41. The van der Waals surface area contributed by atoms with Crippen molar-refractivity contribution in [2.75, 3.05) is 20.4 Å². The zero-order valence-corrected chi connectivity index (χ0v) is 17.6. The molecule has 0 aliphatic carbocycles. The van der Waals surface area contributed by atoms with Crippen LogP contribution in [-0.2, 0) is 17.8 Å². The van der Waals surface area contributed by atoms with Gasteiger partial charge >= 0.3 is 0 Å². The van der Waals surface area contributed by atoms with Crippen LogP contribution in [0.5, 0.6) is 17.4 Å². The highest BCUT2D eigenvalue weighted by Gasteiger charge is 2.36. The van der Waals surface area contributed by atoms with E-state index in [9.17, 15) is 4.79 Å². The summed E-state index contributed by atoms with van der Waals surface area (Å²) in [5.74, 6) is 2.41. The zero-order chi connectivity index (χ0) is 20.6. The topological polar surface area (TPSA) is 60.9 Å². The first-order valence-corrected chi connectivity index (χ1v) is 10.0. The second-order valence-electron chi connectivity index (χ2n) is 8.49. The second-order valence-corrected chi connectivity index (χ2v) is 8.49. The van der Waals surface area contributed by atoms with Crippen LogP contribution in [0.25, 0.3) is 0 Å². The summed E-state index contributed by atoms with van der Waals surface area (Å²) < 4.78 is 16.4. The average molecular weight is 396 g/mol. The van der Waals surface area contributed by atoms with Crippen LogP contribution in [-0.4, -0.2) is 36.2 Å². The first kappa shape index (κ1) is 19.6. The molecule has 0 bridgehead atoms. The molecule has 2 aliphatic rings. The molecule has 1 atom stereocenters. The molecule has 0 spiro atoms. The lowest BCUT2D eigenvalue weighted by atomic mass is 9.76. The van der Waals surface area contributed by atoms with E-state index in [1.807, 2.05) is 30.9 Å². The first-order valence-electron chi connectivity index (χ1n) is 10.0. The predicted molar refractivity (Wildman–Crippen MR) is 109 cm³/mol. The van der Waals surface area contributed by atoms with Crippen LogP contribution in [0.2, 0.25) is 0 Å². The number of carbonyl (C=O) groups excluding carboxylic acids is 1. The molecule has 4 rings (SSSR count). The van der Waals surface area contributed by atoms with Gasteiger partial charge in [-0.15, -0.1) is 0 Å². The standard InChI is InChI=1S/C23H28N2O4/c1-15-9-16(2)24-22(27-4)18(15)12-25-13-23(3,8-7-21(25)26)11-17-5-6-19-20(10-17)29-14-28-19/h5-6,9-10H,7-8,11-14H2,1-4H3. The summed E-state index contributed by atoms with van der Waals surface area (Å²) in [6.45, 7) is 7.77. The van der Waals surface area contributed by atoms with Crippen molar-refractivity contribution in [3.63, 3.8) is 0 Å². The molecule has 2 aromatic rings. The Morgan fingerprint density at radius 2 is 2.00 bits per heavy atom. The normalized spacial score (nSPS) is 20.8. The SMILES string of the molecule is COc1nc(C)cc(C)c1CN1CC(C)(Cc2ccc3c(c2)OCO3)CCC1=O. The molecule has 6 nitrogen and oxygen atoms in total. The number of aromatic nitrogens is 1. The van der Waals surface area contributed by atoms with Gasteiger partial charge in [0.2, 0.25) is 18.6 Å². The van der Waals surface area contributed by atoms with E-state index in [4.69, 9.17) is 14.2 Å². The van der Waals surface area contributed by atoms with E-state index in [0.717, 1.165) is 41.2 Å². The van der Waals surface area contributed by atoms with Crippen LogP contribution in [0.15, 0.2) is 24.3 Å². The number of fused-ring (bicyclic) bond motifs is 1. The Labute approximate surface area is 171 Å². The van der Waals surface area contributed by atoms with Crippen molar-refractivity contribution in [1.82, 2.24) is 9.88 Å². The summed E-state index contributed by atoms with van der Waals surface area (Å²) in [6, 6.07) is 8.17. The van der Waals surface area contributed by atoms with Crippen molar-refractivity contribution in [2.24, 2.45) is 5.41 Å². The largest absolute Gasteiger partial charge is 0.481 e. The molecule has 1 unspecified atom stereocenters. The molecular weight excluding hydrogens is 368 g/mol.